The summed E-state index contributed by atoms with van der Waals surface area (Å²) in [6.07, 6.45) is 9.86. The molecule has 2 heterocycles. The molecule has 0 aliphatic carbocycles. The molecule has 2 aliphatic rings. The van der Waals surface area contributed by atoms with Crippen molar-refractivity contribution in [2.45, 2.75) is 4.90 Å². The molecule has 0 aromatic heterocycles. The molecule has 7 heteroatoms. The second-order valence-electron chi connectivity index (χ2n) is 4.26. The van der Waals surface area contributed by atoms with Gasteiger partial charge in [0.25, 0.3) is 0 Å². The van der Waals surface area contributed by atoms with Crippen LogP contribution in [0.15, 0.2) is 77.6 Å². The maximum Gasteiger partial charge on any atom is 0.342 e. The third-order valence-corrected chi connectivity index (χ3v) is 4.15. The molecule has 3 rings (SSSR count). The van der Waals surface area contributed by atoms with Gasteiger partial charge in [-0.2, -0.15) is 8.42 Å². The highest BCUT2D eigenvalue weighted by molar-refractivity contribution is 7.86. The molecule has 0 unspecified atom stereocenters. The second kappa shape index (κ2) is 5.10. The predicted octanol–water partition coefficient (Wildman–Crippen LogP) is 2.16. The normalized spacial score (nSPS) is 16.7. The van der Waals surface area contributed by atoms with E-state index < -0.39 is 20.8 Å². The van der Waals surface area contributed by atoms with Crippen LogP contribution in [0.1, 0.15) is 0 Å². The molecule has 108 valence electrons. The Hall–Kier alpha value is -2.54. The molecule has 0 bridgehead atoms. The Morgan fingerprint density at radius 3 is 2.81 bits per heavy atom. The fraction of sp³-hybridized carbons (Fsp3) is 0. The first-order chi connectivity index (χ1) is 10.1. The van der Waals surface area contributed by atoms with Crippen molar-refractivity contribution in [2.24, 2.45) is 0 Å². The highest BCUT2D eigenvalue weighted by Gasteiger charge is 2.26. The van der Waals surface area contributed by atoms with Gasteiger partial charge in [-0.15, -0.1) is 0 Å². The predicted molar refractivity (Wildman–Crippen MR) is 74.1 cm³/mol. The molecule has 5 nitrogen and oxygen atoms in total. The highest BCUT2D eigenvalue weighted by Crippen LogP contribution is 2.27. The zero-order valence-electron chi connectivity index (χ0n) is 10.7. The first kappa shape index (κ1) is 13.4. The number of hydrogen-bond donors (Lipinski definition) is 1. The van der Waals surface area contributed by atoms with Gasteiger partial charge in [0.1, 0.15) is 16.4 Å². The summed E-state index contributed by atoms with van der Waals surface area (Å²) in [5, 5.41) is 2.84. The van der Waals surface area contributed by atoms with Crippen LogP contribution in [-0.2, 0) is 14.3 Å². The minimum absolute atomic E-state index is 0.109. The summed E-state index contributed by atoms with van der Waals surface area (Å²) in [5.41, 5.74) is 0.514. The largest absolute Gasteiger partial charge is 0.377 e. The fourth-order valence-electron chi connectivity index (χ4n) is 1.92. The number of benzene rings is 1. The fourth-order valence-corrected chi connectivity index (χ4v) is 2.94. The van der Waals surface area contributed by atoms with E-state index >= 15 is 0 Å². The van der Waals surface area contributed by atoms with Crippen molar-refractivity contribution in [2.75, 3.05) is 0 Å². The van der Waals surface area contributed by atoms with Crippen molar-refractivity contribution in [1.29, 1.82) is 0 Å². The number of rotatable bonds is 3. The second-order valence-corrected chi connectivity index (χ2v) is 5.77. The van der Waals surface area contributed by atoms with Crippen molar-refractivity contribution in [3.63, 3.8) is 0 Å². The van der Waals surface area contributed by atoms with Crippen LogP contribution < -0.4 is 5.32 Å². The maximum atomic E-state index is 13.6. The molecule has 0 amide bonds. The zero-order chi connectivity index (χ0) is 14.9. The summed E-state index contributed by atoms with van der Waals surface area (Å²) in [4.78, 5) is 1.19. The SMILES string of the molecule is O=S(=O)(OC1=CC=CN2C=CNC=C12)c1ccccc1F. The lowest BCUT2D eigenvalue weighted by Gasteiger charge is -2.26. The molecular formula is C14H11FN2O3S. The van der Waals surface area contributed by atoms with Crippen LogP contribution in [0.4, 0.5) is 4.39 Å². The van der Waals surface area contributed by atoms with Gasteiger partial charge in [-0.25, -0.2) is 4.39 Å². The first-order valence-electron chi connectivity index (χ1n) is 6.07. The van der Waals surface area contributed by atoms with Gasteiger partial charge in [0.15, 0.2) is 5.76 Å². The zero-order valence-corrected chi connectivity index (χ0v) is 11.5. The van der Waals surface area contributed by atoms with Gasteiger partial charge in [-0.1, -0.05) is 12.1 Å². The Morgan fingerprint density at radius 2 is 2.00 bits per heavy atom. The average molecular weight is 306 g/mol. The number of nitrogens with zero attached hydrogens (tertiary/aromatic N) is 1. The first-order valence-corrected chi connectivity index (χ1v) is 7.48. The number of allylic oxidation sites excluding steroid dienone is 2. The van der Waals surface area contributed by atoms with Gasteiger partial charge in [-0.3, -0.25) is 0 Å². The van der Waals surface area contributed by atoms with Crippen LogP contribution in [0.5, 0.6) is 0 Å². The Morgan fingerprint density at radius 1 is 1.19 bits per heavy atom. The van der Waals surface area contributed by atoms with Gasteiger partial charge in [0, 0.05) is 24.8 Å². The molecule has 0 spiro atoms. The minimum atomic E-state index is -4.24. The van der Waals surface area contributed by atoms with Gasteiger partial charge in [0.2, 0.25) is 0 Å². The van der Waals surface area contributed by atoms with Gasteiger partial charge < -0.3 is 14.4 Å². The third-order valence-electron chi connectivity index (χ3n) is 2.88. The topological polar surface area (TPSA) is 58.6 Å². The number of halogens is 1. The molecule has 0 saturated heterocycles. The standard InChI is InChI=1S/C14H11FN2O3S/c15-11-4-1-2-6-14(11)21(18,19)20-13-5-3-8-17-9-7-16-10-12(13)17/h1-10,16H. The van der Waals surface area contributed by atoms with E-state index in [1.165, 1.54) is 18.2 Å². The Kier molecular flexibility index (Phi) is 3.26. The number of hydrogen-bond acceptors (Lipinski definition) is 5. The molecular weight excluding hydrogens is 295 g/mol. The van der Waals surface area contributed by atoms with E-state index in [4.69, 9.17) is 4.18 Å². The van der Waals surface area contributed by atoms with E-state index in [1.807, 2.05) is 0 Å². The molecule has 1 N–H and O–H groups in total. The summed E-state index contributed by atoms with van der Waals surface area (Å²) in [7, 11) is -4.24. The molecule has 0 saturated carbocycles. The van der Waals surface area contributed by atoms with Crippen molar-refractivity contribution >= 4 is 10.1 Å². The molecule has 2 aliphatic heterocycles. The summed E-state index contributed by atoms with van der Waals surface area (Å²) >= 11 is 0. The van der Waals surface area contributed by atoms with Crippen LogP contribution in [0.2, 0.25) is 0 Å². The molecule has 0 radical (unpaired) electrons. The van der Waals surface area contributed by atoms with Gasteiger partial charge >= 0.3 is 10.1 Å². The van der Waals surface area contributed by atoms with Crippen LogP contribution in [0.3, 0.4) is 0 Å². The molecule has 1 aromatic rings. The Bertz CT molecular complexity index is 794. The van der Waals surface area contributed by atoms with Crippen molar-refractivity contribution < 1.29 is 17.0 Å². The van der Waals surface area contributed by atoms with Crippen molar-refractivity contribution in [3.05, 3.63) is 78.5 Å². The van der Waals surface area contributed by atoms with Crippen LogP contribution >= 0.6 is 0 Å². The molecule has 0 atom stereocenters. The quantitative estimate of drug-likeness (QED) is 0.867. The van der Waals surface area contributed by atoms with E-state index in [1.54, 1.807) is 35.8 Å². The van der Waals surface area contributed by atoms with E-state index in [-0.39, 0.29) is 5.76 Å². The van der Waals surface area contributed by atoms with Gasteiger partial charge in [0.05, 0.1) is 0 Å². The van der Waals surface area contributed by atoms with E-state index in [0.717, 1.165) is 12.1 Å². The van der Waals surface area contributed by atoms with Crippen molar-refractivity contribution in [1.82, 2.24) is 10.2 Å². The minimum Gasteiger partial charge on any atom is -0.377 e. The molecule has 21 heavy (non-hydrogen) atoms. The van der Waals surface area contributed by atoms with Crippen molar-refractivity contribution in [3.8, 4) is 0 Å². The van der Waals surface area contributed by atoms with Crippen LogP contribution in [0.25, 0.3) is 0 Å². The summed E-state index contributed by atoms with van der Waals surface area (Å²) in [5.74, 6) is -0.741. The third kappa shape index (κ3) is 2.55. The number of nitrogens with one attached hydrogen (secondary N) is 1. The van der Waals surface area contributed by atoms with E-state index in [9.17, 15) is 12.8 Å². The van der Waals surface area contributed by atoms with E-state index in [2.05, 4.69) is 5.32 Å². The highest BCUT2D eigenvalue weighted by atomic mass is 32.2. The summed E-state index contributed by atoms with van der Waals surface area (Å²) in [6, 6.07) is 5.08. The van der Waals surface area contributed by atoms with Crippen LogP contribution in [-0.4, -0.2) is 13.3 Å². The lowest BCUT2D eigenvalue weighted by atomic mass is 10.2. The van der Waals surface area contributed by atoms with Gasteiger partial charge in [-0.05, 0) is 24.3 Å². The maximum absolute atomic E-state index is 13.6. The van der Waals surface area contributed by atoms with E-state index in [0.29, 0.717) is 5.70 Å². The molecule has 0 fully saturated rings. The summed E-state index contributed by atoms with van der Waals surface area (Å²) < 4.78 is 43.1. The monoisotopic (exact) mass is 306 g/mol. The summed E-state index contributed by atoms with van der Waals surface area (Å²) in [6.45, 7) is 0. The Labute approximate surface area is 121 Å². The number of fused-ring (bicyclic) bond motifs is 1. The lowest BCUT2D eigenvalue weighted by Crippen LogP contribution is -2.23. The molecule has 1 aromatic carbocycles. The Balaban J connectivity index is 1.93. The lowest BCUT2D eigenvalue weighted by molar-refractivity contribution is 0.385. The average Bonchev–Trinajstić information content (AvgIpc) is 2.47. The smallest absolute Gasteiger partial charge is 0.342 e. The van der Waals surface area contributed by atoms with Crippen LogP contribution in [0, 0.1) is 5.82 Å².